The lowest BCUT2D eigenvalue weighted by Gasteiger charge is -2.36. The Hall–Kier alpha value is -0.690. The molecule has 0 aromatic carbocycles. The zero-order chi connectivity index (χ0) is 15.5. The van der Waals surface area contributed by atoms with Crippen molar-refractivity contribution in [2.75, 3.05) is 26.2 Å². The monoisotopic (exact) mass is 331 g/mol. The van der Waals surface area contributed by atoms with Crippen LogP contribution in [0.3, 0.4) is 0 Å². The van der Waals surface area contributed by atoms with E-state index in [1.807, 2.05) is 0 Å². The fourth-order valence-electron chi connectivity index (χ4n) is 2.42. The lowest BCUT2D eigenvalue weighted by Crippen LogP contribution is -2.51. The number of pyridine rings is 1. The second-order valence-corrected chi connectivity index (χ2v) is 7.49. The SMILES string of the molecule is CCC(C)N1CCN(S(=O)(=O)c2ccc(CCl)cn2)CC1. The van der Waals surface area contributed by atoms with Crippen molar-refractivity contribution >= 4 is 21.6 Å². The van der Waals surface area contributed by atoms with Crippen LogP contribution in [0.5, 0.6) is 0 Å². The van der Waals surface area contributed by atoms with E-state index in [0.29, 0.717) is 25.0 Å². The van der Waals surface area contributed by atoms with Gasteiger partial charge >= 0.3 is 0 Å². The number of rotatable bonds is 5. The molecule has 1 aromatic heterocycles. The lowest BCUT2D eigenvalue weighted by atomic mass is 10.2. The van der Waals surface area contributed by atoms with Crippen molar-refractivity contribution < 1.29 is 8.42 Å². The summed E-state index contributed by atoms with van der Waals surface area (Å²) in [5, 5.41) is 0.105. The number of hydrogen-bond donors (Lipinski definition) is 0. The van der Waals surface area contributed by atoms with E-state index in [9.17, 15) is 8.42 Å². The van der Waals surface area contributed by atoms with Gasteiger partial charge in [-0.2, -0.15) is 4.31 Å². The molecule has 1 atom stereocenters. The van der Waals surface area contributed by atoms with Gasteiger partial charge in [0.1, 0.15) is 0 Å². The third-order valence-corrected chi connectivity index (χ3v) is 6.17. The van der Waals surface area contributed by atoms with Crippen LogP contribution >= 0.6 is 11.6 Å². The predicted octanol–water partition coefficient (Wildman–Crippen LogP) is 1.93. The van der Waals surface area contributed by atoms with Gasteiger partial charge in [-0.1, -0.05) is 13.0 Å². The second-order valence-electron chi connectivity index (χ2n) is 5.34. The number of nitrogens with zero attached hydrogens (tertiary/aromatic N) is 3. The van der Waals surface area contributed by atoms with Crippen molar-refractivity contribution in [3.05, 3.63) is 23.9 Å². The summed E-state index contributed by atoms with van der Waals surface area (Å²) in [6.45, 7) is 6.91. The second kappa shape index (κ2) is 7.05. The number of sulfonamides is 1. The minimum absolute atomic E-state index is 0.105. The van der Waals surface area contributed by atoms with E-state index in [2.05, 4.69) is 23.7 Å². The third kappa shape index (κ3) is 3.74. The van der Waals surface area contributed by atoms with Gasteiger partial charge in [-0.05, 0) is 25.0 Å². The van der Waals surface area contributed by atoms with Crippen LogP contribution in [0.15, 0.2) is 23.4 Å². The molecule has 1 aromatic rings. The maximum absolute atomic E-state index is 12.5. The summed E-state index contributed by atoms with van der Waals surface area (Å²) in [5.41, 5.74) is 0.817. The molecule has 0 aliphatic carbocycles. The van der Waals surface area contributed by atoms with E-state index >= 15 is 0 Å². The van der Waals surface area contributed by atoms with Gasteiger partial charge in [0.15, 0.2) is 5.03 Å². The maximum Gasteiger partial charge on any atom is 0.260 e. The van der Waals surface area contributed by atoms with E-state index in [-0.39, 0.29) is 5.03 Å². The first kappa shape index (κ1) is 16.7. The van der Waals surface area contributed by atoms with Gasteiger partial charge in [0.05, 0.1) is 0 Å². The molecule has 5 nitrogen and oxygen atoms in total. The molecule has 0 N–H and O–H groups in total. The first-order chi connectivity index (χ1) is 9.98. The van der Waals surface area contributed by atoms with Crippen molar-refractivity contribution in [3.8, 4) is 0 Å². The molecular formula is C14H22ClN3O2S. The van der Waals surface area contributed by atoms with Crippen LogP contribution in [0.4, 0.5) is 0 Å². The maximum atomic E-state index is 12.5. The molecule has 1 aliphatic rings. The van der Waals surface area contributed by atoms with Gasteiger partial charge in [0.25, 0.3) is 10.0 Å². The van der Waals surface area contributed by atoms with Crippen LogP contribution in [-0.2, 0) is 15.9 Å². The Balaban J connectivity index is 2.07. The van der Waals surface area contributed by atoms with Crippen LogP contribution in [0.1, 0.15) is 25.8 Å². The van der Waals surface area contributed by atoms with Gasteiger partial charge < -0.3 is 0 Å². The molecule has 1 aliphatic heterocycles. The minimum Gasteiger partial charge on any atom is -0.298 e. The number of piperazine rings is 1. The standard InChI is InChI=1S/C14H22ClN3O2S/c1-3-12(2)17-6-8-18(9-7-17)21(19,20)14-5-4-13(10-15)11-16-14/h4-5,11-12H,3,6-10H2,1-2H3. The van der Waals surface area contributed by atoms with Gasteiger partial charge in [-0.15, -0.1) is 11.6 Å². The number of alkyl halides is 1. The van der Waals surface area contributed by atoms with Crippen LogP contribution in [0, 0.1) is 0 Å². The Kier molecular flexibility index (Phi) is 5.60. The molecule has 0 spiro atoms. The fraction of sp³-hybridized carbons (Fsp3) is 0.643. The molecule has 118 valence electrons. The molecule has 1 saturated heterocycles. The molecule has 0 amide bonds. The average Bonchev–Trinajstić information content (AvgIpc) is 2.54. The number of halogens is 1. The van der Waals surface area contributed by atoms with Gasteiger partial charge in [0.2, 0.25) is 0 Å². The number of hydrogen-bond acceptors (Lipinski definition) is 4. The zero-order valence-corrected chi connectivity index (χ0v) is 14.1. The zero-order valence-electron chi connectivity index (χ0n) is 12.5. The molecule has 7 heteroatoms. The Morgan fingerprint density at radius 2 is 1.95 bits per heavy atom. The Morgan fingerprint density at radius 1 is 1.29 bits per heavy atom. The normalized spacial score (nSPS) is 19.6. The number of aromatic nitrogens is 1. The summed E-state index contributed by atoms with van der Waals surface area (Å²) in [6.07, 6.45) is 2.60. The molecule has 2 heterocycles. The van der Waals surface area contributed by atoms with Crippen molar-refractivity contribution in [2.45, 2.75) is 37.2 Å². The summed E-state index contributed by atoms with van der Waals surface area (Å²) in [5.74, 6) is 0.334. The molecule has 2 rings (SSSR count). The molecule has 1 fully saturated rings. The van der Waals surface area contributed by atoms with Crippen molar-refractivity contribution in [3.63, 3.8) is 0 Å². The molecule has 0 saturated carbocycles. The van der Waals surface area contributed by atoms with Gasteiger partial charge in [-0.3, -0.25) is 4.90 Å². The van der Waals surface area contributed by atoms with Gasteiger partial charge in [-0.25, -0.2) is 13.4 Å². The highest BCUT2D eigenvalue weighted by atomic mass is 35.5. The summed E-state index contributed by atoms with van der Waals surface area (Å²) in [4.78, 5) is 6.37. The van der Waals surface area contributed by atoms with E-state index in [1.165, 1.54) is 16.6 Å². The van der Waals surface area contributed by atoms with E-state index in [1.54, 1.807) is 6.07 Å². The smallest absolute Gasteiger partial charge is 0.260 e. The largest absolute Gasteiger partial charge is 0.298 e. The molecule has 21 heavy (non-hydrogen) atoms. The first-order valence-electron chi connectivity index (χ1n) is 7.24. The van der Waals surface area contributed by atoms with E-state index in [0.717, 1.165) is 25.1 Å². The Bertz CT molecular complexity index is 554. The van der Waals surface area contributed by atoms with Crippen molar-refractivity contribution in [1.82, 2.24) is 14.2 Å². The van der Waals surface area contributed by atoms with Crippen molar-refractivity contribution in [1.29, 1.82) is 0 Å². The highest BCUT2D eigenvalue weighted by molar-refractivity contribution is 7.89. The highest BCUT2D eigenvalue weighted by Crippen LogP contribution is 2.18. The molecular weight excluding hydrogens is 310 g/mol. The minimum atomic E-state index is -3.49. The highest BCUT2D eigenvalue weighted by Gasteiger charge is 2.30. The quantitative estimate of drug-likeness (QED) is 0.774. The average molecular weight is 332 g/mol. The lowest BCUT2D eigenvalue weighted by molar-refractivity contribution is 0.142. The summed E-state index contributed by atoms with van der Waals surface area (Å²) in [6, 6.07) is 3.74. The van der Waals surface area contributed by atoms with Gasteiger partial charge in [0, 0.05) is 44.3 Å². The Labute approximate surface area is 132 Å². The first-order valence-corrected chi connectivity index (χ1v) is 9.21. The van der Waals surface area contributed by atoms with Crippen LogP contribution in [0.25, 0.3) is 0 Å². The van der Waals surface area contributed by atoms with Crippen LogP contribution < -0.4 is 0 Å². The topological polar surface area (TPSA) is 53.5 Å². The van der Waals surface area contributed by atoms with Crippen LogP contribution in [-0.4, -0.2) is 54.8 Å². The summed E-state index contributed by atoms with van der Waals surface area (Å²) in [7, 11) is -3.49. The molecule has 1 unspecified atom stereocenters. The summed E-state index contributed by atoms with van der Waals surface area (Å²) >= 11 is 5.70. The third-order valence-electron chi connectivity index (χ3n) is 4.04. The van der Waals surface area contributed by atoms with E-state index < -0.39 is 10.0 Å². The van der Waals surface area contributed by atoms with E-state index in [4.69, 9.17) is 11.6 Å². The Morgan fingerprint density at radius 3 is 2.43 bits per heavy atom. The predicted molar refractivity (Wildman–Crippen MR) is 83.9 cm³/mol. The van der Waals surface area contributed by atoms with Crippen LogP contribution in [0.2, 0.25) is 0 Å². The van der Waals surface area contributed by atoms with Crippen molar-refractivity contribution in [2.24, 2.45) is 0 Å². The molecule has 0 radical (unpaired) electrons. The summed E-state index contributed by atoms with van der Waals surface area (Å²) < 4.78 is 26.6. The molecule has 0 bridgehead atoms. The fourth-order valence-corrected chi connectivity index (χ4v) is 3.91.